The largest absolute Gasteiger partial charge is 0.322 e. The van der Waals surface area contributed by atoms with E-state index >= 15 is 0 Å². The number of nitrogens with zero attached hydrogens (tertiary/aromatic N) is 2. The van der Waals surface area contributed by atoms with Gasteiger partial charge in [-0.3, -0.25) is 14.9 Å². The fourth-order valence-corrected chi connectivity index (χ4v) is 3.35. The molecule has 0 aliphatic heterocycles. The second-order valence-electron chi connectivity index (χ2n) is 6.27. The van der Waals surface area contributed by atoms with E-state index in [0.29, 0.717) is 27.7 Å². The van der Waals surface area contributed by atoms with Crippen LogP contribution in [0.5, 0.6) is 0 Å². The van der Waals surface area contributed by atoms with Crippen molar-refractivity contribution in [1.29, 1.82) is 0 Å². The molecule has 2 aromatic carbocycles. The maximum atomic E-state index is 12.5. The predicted octanol–water partition coefficient (Wildman–Crippen LogP) is 5.11. The van der Waals surface area contributed by atoms with Gasteiger partial charge in [-0.15, -0.1) is 0 Å². The van der Waals surface area contributed by atoms with E-state index in [-0.39, 0.29) is 5.91 Å². The van der Waals surface area contributed by atoms with Gasteiger partial charge < -0.3 is 5.32 Å². The first-order valence-electron chi connectivity index (χ1n) is 8.71. The SMILES string of the molecule is O=C(Nc1cccc(C#CCc2cncc3[nH]ncc23)c1)c1ccc(Cl)cc1Cl. The number of nitrogens with one attached hydrogen (secondary N) is 2. The lowest BCUT2D eigenvalue weighted by atomic mass is 10.1. The predicted molar refractivity (Wildman–Crippen MR) is 115 cm³/mol. The number of pyridine rings is 1. The van der Waals surface area contributed by atoms with E-state index in [4.69, 9.17) is 23.2 Å². The summed E-state index contributed by atoms with van der Waals surface area (Å²) in [6.45, 7) is 0. The van der Waals surface area contributed by atoms with Gasteiger partial charge in [-0.2, -0.15) is 5.10 Å². The summed E-state index contributed by atoms with van der Waals surface area (Å²) < 4.78 is 0. The Morgan fingerprint density at radius 2 is 2.00 bits per heavy atom. The number of carbonyl (C=O) groups excluding carboxylic acids is 1. The van der Waals surface area contributed by atoms with Crippen LogP contribution in [-0.4, -0.2) is 21.1 Å². The Balaban J connectivity index is 1.49. The van der Waals surface area contributed by atoms with Crippen LogP contribution in [-0.2, 0) is 6.42 Å². The van der Waals surface area contributed by atoms with Crippen LogP contribution in [0.2, 0.25) is 10.0 Å². The van der Waals surface area contributed by atoms with Gasteiger partial charge in [-0.05, 0) is 42.0 Å². The monoisotopic (exact) mass is 420 g/mol. The highest BCUT2D eigenvalue weighted by Gasteiger charge is 2.11. The van der Waals surface area contributed by atoms with Crippen molar-refractivity contribution in [3.8, 4) is 11.8 Å². The number of benzene rings is 2. The third-order valence-electron chi connectivity index (χ3n) is 4.26. The summed E-state index contributed by atoms with van der Waals surface area (Å²) in [5.41, 5.74) is 3.66. The smallest absolute Gasteiger partial charge is 0.257 e. The molecule has 2 N–H and O–H groups in total. The van der Waals surface area contributed by atoms with E-state index in [2.05, 4.69) is 32.3 Å². The average Bonchev–Trinajstić information content (AvgIpc) is 3.18. The maximum Gasteiger partial charge on any atom is 0.257 e. The van der Waals surface area contributed by atoms with Gasteiger partial charge in [0, 0.05) is 34.3 Å². The molecule has 0 radical (unpaired) electrons. The number of hydrogen-bond donors (Lipinski definition) is 2. The molecule has 1 amide bonds. The highest BCUT2D eigenvalue weighted by molar-refractivity contribution is 6.37. The molecule has 0 unspecified atom stereocenters. The molecule has 0 aliphatic carbocycles. The number of halogens is 2. The van der Waals surface area contributed by atoms with Crippen LogP contribution >= 0.6 is 23.2 Å². The molecule has 0 bridgehead atoms. The highest BCUT2D eigenvalue weighted by atomic mass is 35.5. The Morgan fingerprint density at radius 1 is 1.10 bits per heavy atom. The molecule has 0 aliphatic rings. The van der Waals surface area contributed by atoms with E-state index < -0.39 is 0 Å². The van der Waals surface area contributed by atoms with E-state index in [1.807, 2.05) is 18.2 Å². The minimum Gasteiger partial charge on any atom is -0.322 e. The van der Waals surface area contributed by atoms with Gasteiger partial charge in [0.25, 0.3) is 5.91 Å². The Morgan fingerprint density at radius 3 is 2.86 bits per heavy atom. The van der Waals surface area contributed by atoms with Crippen molar-refractivity contribution in [3.05, 3.63) is 87.8 Å². The van der Waals surface area contributed by atoms with Crippen molar-refractivity contribution in [2.24, 2.45) is 0 Å². The summed E-state index contributed by atoms with van der Waals surface area (Å²) in [5.74, 6) is 5.96. The Bertz CT molecular complexity index is 1270. The molecular weight excluding hydrogens is 407 g/mol. The van der Waals surface area contributed by atoms with Crippen molar-refractivity contribution in [3.63, 3.8) is 0 Å². The number of H-pyrrole nitrogens is 1. The molecule has 0 atom stereocenters. The molecule has 7 heteroatoms. The number of rotatable bonds is 3. The van der Waals surface area contributed by atoms with Crippen LogP contribution in [0.15, 0.2) is 61.1 Å². The van der Waals surface area contributed by atoms with Crippen molar-refractivity contribution >= 4 is 45.7 Å². The lowest BCUT2D eigenvalue weighted by molar-refractivity contribution is 0.102. The molecule has 2 heterocycles. The molecule has 5 nitrogen and oxygen atoms in total. The Kier molecular flexibility index (Phi) is 5.48. The number of carbonyl (C=O) groups is 1. The third kappa shape index (κ3) is 4.40. The molecule has 0 fully saturated rings. The summed E-state index contributed by atoms with van der Waals surface area (Å²) in [4.78, 5) is 16.7. The second kappa shape index (κ2) is 8.36. The van der Waals surface area contributed by atoms with E-state index in [9.17, 15) is 4.79 Å². The minimum atomic E-state index is -0.311. The van der Waals surface area contributed by atoms with Crippen LogP contribution < -0.4 is 5.32 Å². The maximum absolute atomic E-state index is 12.5. The average molecular weight is 421 g/mol. The summed E-state index contributed by atoms with van der Waals surface area (Å²) in [6.07, 6.45) is 5.84. The zero-order chi connectivity index (χ0) is 20.2. The van der Waals surface area contributed by atoms with Gasteiger partial charge in [-0.25, -0.2) is 0 Å². The number of anilines is 1. The van der Waals surface area contributed by atoms with Gasteiger partial charge in [0.05, 0.1) is 28.5 Å². The lowest BCUT2D eigenvalue weighted by Gasteiger charge is -2.07. The first-order chi connectivity index (χ1) is 14.1. The molecule has 142 valence electrons. The van der Waals surface area contributed by atoms with Crippen LogP contribution in [0.4, 0.5) is 5.69 Å². The van der Waals surface area contributed by atoms with Crippen LogP contribution in [0, 0.1) is 11.8 Å². The minimum absolute atomic E-state index is 0.299. The fourth-order valence-electron chi connectivity index (χ4n) is 2.85. The zero-order valence-electron chi connectivity index (χ0n) is 15.0. The number of amides is 1. The quantitative estimate of drug-likeness (QED) is 0.452. The van der Waals surface area contributed by atoms with Crippen LogP contribution in [0.25, 0.3) is 10.9 Å². The van der Waals surface area contributed by atoms with Crippen molar-refractivity contribution in [1.82, 2.24) is 15.2 Å². The van der Waals surface area contributed by atoms with Crippen LogP contribution in [0.3, 0.4) is 0 Å². The van der Waals surface area contributed by atoms with E-state index in [1.165, 1.54) is 6.07 Å². The Hall–Kier alpha value is -3.33. The number of aromatic nitrogens is 3. The van der Waals surface area contributed by atoms with Gasteiger partial charge in [0.1, 0.15) is 0 Å². The van der Waals surface area contributed by atoms with Crippen LogP contribution in [0.1, 0.15) is 21.5 Å². The first kappa shape index (κ1) is 19.0. The summed E-state index contributed by atoms with van der Waals surface area (Å²) in [7, 11) is 0. The van der Waals surface area contributed by atoms with Gasteiger partial charge in [0.2, 0.25) is 0 Å². The standard InChI is InChI=1S/C22H14Cl2N4O/c23-16-7-8-18(20(24)10-16)22(29)27-17-6-2-4-14(9-17)3-1-5-15-11-25-13-21-19(15)12-26-28-21/h2,4,6-13H,5H2,(H,26,28)(H,27,29). The van der Waals surface area contributed by atoms with Crippen molar-refractivity contribution in [2.75, 3.05) is 5.32 Å². The topological polar surface area (TPSA) is 70.7 Å². The third-order valence-corrected chi connectivity index (χ3v) is 4.80. The lowest BCUT2D eigenvalue weighted by Crippen LogP contribution is -2.12. The second-order valence-corrected chi connectivity index (χ2v) is 7.11. The molecule has 2 aromatic heterocycles. The zero-order valence-corrected chi connectivity index (χ0v) is 16.6. The van der Waals surface area contributed by atoms with Crippen molar-refractivity contribution in [2.45, 2.75) is 6.42 Å². The molecular formula is C22H14Cl2N4O. The van der Waals surface area contributed by atoms with Gasteiger partial charge >= 0.3 is 0 Å². The molecule has 0 spiro atoms. The normalized spacial score (nSPS) is 10.4. The fraction of sp³-hybridized carbons (Fsp3) is 0.0455. The Labute approximate surface area is 177 Å². The van der Waals surface area contributed by atoms with Gasteiger partial charge in [0.15, 0.2) is 0 Å². The number of fused-ring (bicyclic) bond motifs is 1. The molecule has 0 saturated carbocycles. The van der Waals surface area contributed by atoms with Crippen molar-refractivity contribution < 1.29 is 4.79 Å². The highest BCUT2D eigenvalue weighted by Crippen LogP contribution is 2.22. The summed E-state index contributed by atoms with van der Waals surface area (Å²) in [6, 6.07) is 12.1. The van der Waals surface area contributed by atoms with Gasteiger partial charge in [-0.1, -0.05) is 41.1 Å². The van der Waals surface area contributed by atoms with E-state index in [0.717, 1.165) is 22.0 Å². The summed E-state index contributed by atoms with van der Waals surface area (Å²) in [5, 5.41) is 11.5. The van der Waals surface area contributed by atoms with E-state index in [1.54, 1.807) is 36.8 Å². The summed E-state index contributed by atoms with van der Waals surface area (Å²) >= 11 is 12.0. The molecule has 0 saturated heterocycles. The number of aromatic amines is 1. The molecule has 4 aromatic rings. The first-order valence-corrected chi connectivity index (χ1v) is 9.47. The molecule has 4 rings (SSSR count). The molecule has 29 heavy (non-hydrogen) atoms. The number of hydrogen-bond acceptors (Lipinski definition) is 3.